The van der Waals surface area contributed by atoms with Crippen LogP contribution in [-0.2, 0) is 11.2 Å². The lowest BCUT2D eigenvalue weighted by atomic mass is 10.1. The Bertz CT molecular complexity index is 466. The fourth-order valence-corrected chi connectivity index (χ4v) is 3.42. The molecule has 1 N–H and O–H groups in total. The number of carbonyl (C=O) groups excluding carboxylic acids is 1. The van der Waals surface area contributed by atoms with E-state index in [9.17, 15) is 4.79 Å². The normalized spacial score (nSPS) is 21.8. The first-order valence-electron chi connectivity index (χ1n) is 7.93. The predicted octanol–water partition coefficient (Wildman–Crippen LogP) is 2.67. The molecule has 1 saturated heterocycles. The molecule has 1 unspecified atom stereocenters. The monoisotopic (exact) mass is 272 g/mol. The molecule has 3 nitrogen and oxygen atoms in total. The van der Waals surface area contributed by atoms with Crippen LogP contribution < -0.4 is 5.32 Å². The molecule has 0 spiro atoms. The Balaban J connectivity index is 1.45. The molecule has 0 aromatic heterocycles. The second-order valence-corrected chi connectivity index (χ2v) is 5.94. The molecule has 20 heavy (non-hydrogen) atoms. The SMILES string of the molecule is O=C(CCNC1CCc2ccccc21)N1CCCCC1. The van der Waals surface area contributed by atoms with E-state index < -0.39 is 0 Å². The first-order valence-corrected chi connectivity index (χ1v) is 7.93. The third-order valence-electron chi connectivity index (χ3n) is 4.57. The third kappa shape index (κ3) is 3.04. The van der Waals surface area contributed by atoms with Crippen LogP contribution in [0.3, 0.4) is 0 Å². The van der Waals surface area contributed by atoms with Gasteiger partial charge in [-0.25, -0.2) is 0 Å². The maximum absolute atomic E-state index is 12.1. The van der Waals surface area contributed by atoms with Crippen molar-refractivity contribution in [2.75, 3.05) is 19.6 Å². The van der Waals surface area contributed by atoms with Crippen LogP contribution in [0.1, 0.15) is 49.3 Å². The van der Waals surface area contributed by atoms with E-state index in [1.807, 2.05) is 4.90 Å². The second-order valence-electron chi connectivity index (χ2n) is 5.94. The summed E-state index contributed by atoms with van der Waals surface area (Å²) in [5, 5.41) is 3.56. The Labute approximate surface area is 121 Å². The molecular formula is C17H24N2O. The van der Waals surface area contributed by atoms with Gasteiger partial charge >= 0.3 is 0 Å². The summed E-state index contributed by atoms with van der Waals surface area (Å²) < 4.78 is 0. The lowest BCUT2D eigenvalue weighted by Crippen LogP contribution is -2.37. The van der Waals surface area contributed by atoms with Gasteiger partial charge in [-0.3, -0.25) is 4.79 Å². The number of hydrogen-bond acceptors (Lipinski definition) is 2. The summed E-state index contributed by atoms with van der Waals surface area (Å²) in [5.74, 6) is 0.323. The van der Waals surface area contributed by atoms with E-state index >= 15 is 0 Å². The molecule has 1 aromatic carbocycles. The van der Waals surface area contributed by atoms with Gasteiger partial charge in [-0.05, 0) is 43.2 Å². The van der Waals surface area contributed by atoms with Crippen LogP contribution in [0.4, 0.5) is 0 Å². The molecule has 1 atom stereocenters. The zero-order chi connectivity index (χ0) is 13.8. The number of piperidine rings is 1. The van der Waals surface area contributed by atoms with Crippen molar-refractivity contribution in [2.24, 2.45) is 0 Å². The van der Waals surface area contributed by atoms with Crippen LogP contribution in [0.2, 0.25) is 0 Å². The molecule has 1 aliphatic heterocycles. The standard InChI is InChI=1S/C17H24N2O/c20-17(19-12-4-1-5-13-19)10-11-18-16-9-8-14-6-2-3-7-15(14)16/h2-3,6-7,16,18H,1,4-5,8-13H2. The van der Waals surface area contributed by atoms with Gasteiger partial charge in [-0.1, -0.05) is 24.3 Å². The summed E-state index contributed by atoms with van der Waals surface area (Å²) in [6.07, 6.45) is 6.59. The minimum Gasteiger partial charge on any atom is -0.343 e. The Kier molecular flexibility index (Phi) is 4.36. The average Bonchev–Trinajstić information content (AvgIpc) is 2.92. The first-order chi connectivity index (χ1) is 9.84. The van der Waals surface area contributed by atoms with Gasteiger partial charge in [0.15, 0.2) is 0 Å². The number of amides is 1. The molecule has 1 fully saturated rings. The van der Waals surface area contributed by atoms with Crippen LogP contribution in [-0.4, -0.2) is 30.4 Å². The number of hydrogen-bond donors (Lipinski definition) is 1. The van der Waals surface area contributed by atoms with Crippen LogP contribution >= 0.6 is 0 Å². The van der Waals surface area contributed by atoms with E-state index in [0.29, 0.717) is 18.4 Å². The summed E-state index contributed by atoms with van der Waals surface area (Å²) in [6.45, 7) is 2.73. The molecule has 2 aliphatic rings. The molecule has 108 valence electrons. The third-order valence-corrected chi connectivity index (χ3v) is 4.57. The van der Waals surface area contributed by atoms with E-state index in [0.717, 1.165) is 32.5 Å². The Morgan fingerprint density at radius 1 is 1.20 bits per heavy atom. The van der Waals surface area contributed by atoms with Gasteiger partial charge in [0.2, 0.25) is 5.91 Å². The lowest BCUT2D eigenvalue weighted by Gasteiger charge is -2.27. The first kappa shape index (κ1) is 13.6. The summed E-state index contributed by atoms with van der Waals surface area (Å²) in [4.78, 5) is 14.1. The zero-order valence-electron chi connectivity index (χ0n) is 12.1. The molecule has 1 aromatic rings. The highest BCUT2D eigenvalue weighted by Crippen LogP contribution is 2.30. The lowest BCUT2D eigenvalue weighted by molar-refractivity contribution is -0.132. The van der Waals surface area contributed by atoms with Crippen molar-refractivity contribution >= 4 is 5.91 Å². The second kappa shape index (κ2) is 6.40. The zero-order valence-corrected chi connectivity index (χ0v) is 12.1. The fraction of sp³-hybridized carbons (Fsp3) is 0.588. The summed E-state index contributed by atoms with van der Waals surface area (Å²) >= 11 is 0. The van der Waals surface area contributed by atoms with Crippen LogP contribution in [0.15, 0.2) is 24.3 Å². The van der Waals surface area contributed by atoms with Crippen molar-refractivity contribution in [3.8, 4) is 0 Å². The van der Waals surface area contributed by atoms with E-state index in [1.165, 1.54) is 30.4 Å². The van der Waals surface area contributed by atoms with Crippen molar-refractivity contribution in [3.05, 3.63) is 35.4 Å². The van der Waals surface area contributed by atoms with Gasteiger partial charge < -0.3 is 10.2 Å². The number of benzene rings is 1. The largest absolute Gasteiger partial charge is 0.343 e. The molecule has 0 saturated carbocycles. The summed E-state index contributed by atoms with van der Waals surface area (Å²) in [5.41, 5.74) is 2.89. The van der Waals surface area contributed by atoms with Gasteiger partial charge in [-0.2, -0.15) is 0 Å². The molecular weight excluding hydrogens is 248 g/mol. The van der Waals surface area contributed by atoms with Crippen LogP contribution in [0.25, 0.3) is 0 Å². The summed E-state index contributed by atoms with van der Waals surface area (Å²) in [7, 11) is 0. The Morgan fingerprint density at radius 3 is 2.85 bits per heavy atom. The number of rotatable bonds is 4. The maximum Gasteiger partial charge on any atom is 0.223 e. The van der Waals surface area contributed by atoms with Crippen molar-refractivity contribution in [1.29, 1.82) is 0 Å². The number of nitrogens with one attached hydrogen (secondary N) is 1. The average molecular weight is 272 g/mol. The predicted molar refractivity (Wildman–Crippen MR) is 80.6 cm³/mol. The Morgan fingerprint density at radius 2 is 2.00 bits per heavy atom. The fourth-order valence-electron chi connectivity index (χ4n) is 3.42. The maximum atomic E-state index is 12.1. The topological polar surface area (TPSA) is 32.3 Å². The van der Waals surface area contributed by atoms with E-state index in [2.05, 4.69) is 29.6 Å². The molecule has 1 heterocycles. The van der Waals surface area contributed by atoms with Crippen molar-refractivity contribution in [3.63, 3.8) is 0 Å². The summed E-state index contributed by atoms with van der Waals surface area (Å²) in [6, 6.07) is 9.10. The highest BCUT2D eigenvalue weighted by molar-refractivity contribution is 5.76. The number of fused-ring (bicyclic) bond motifs is 1. The number of aryl methyl sites for hydroxylation is 1. The molecule has 0 radical (unpaired) electrons. The number of likely N-dealkylation sites (tertiary alicyclic amines) is 1. The molecule has 1 aliphatic carbocycles. The minimum absolute atomic E-state index is 0.323. The molecule has 3 rings (SSSR count). The van der Waals surface area contributed by atoms with Gasteiger partial charge in [-0.15, -0.1) is 0 Å². The molecule has 0 bridgehead atoms. The Hall–Kier alpha value is -1.35. The van der Waals surface area contributed by atoms with Gasteiger partial charge in [0.05, 0.1) is 0 Å². The van der Waals surface area contributed by atoms with Crippen molar-refractivity contribution in [2.45, 2.75) is 44.6 Å². The van der Waals surface area contributed by atoms with Gasteiger partial charge in [0, 0.05) is 32.1 Å². The van der Waals surface area contributed by atoms with Gasteiger partial charge in [0.1, 0.15) is 0 Å². The van der Waals surface area contributed by atoms with E-state index in [4.69, 9.17) is 0 Å². The van der Waals surface area contributed by atoms with Crippen molar-refractivity contribution < 1.29 is 4.79 Å². The van der Waals surface area contributed by atoms with Gasteiger partial charge in [0.25, 0.3) is 0 Å². The van der Waals surface area contributed by atoms with Crippen LogP contribution in [0.5, 0.6) is 0 Å². The molecule has 3 heteroatoms. The van der Waals surface area contributed by atoms with E-state index in [-0.39, 0.29) is 0 Å². The number of carbonyl (C=O) groups is 1. The quantitative estimate of drug-likeness (QED) is 0.914. The minimum atomic E-state index is 0.323. The molecule has 1 amide bonds. The smallest absolute Gasteiger partial charge is 0.223 e. The van der Waals surface area contributed by atoms with Crippen LogP contribution in [0, 0.1) is 0 Å². The van der Waals surface area contributed by atoms with E-state index in [1.54, 1.807) is 0 Å². The van der Waals surface area contributed by atoms with Crippen molar-refractivity contribution in [1.82, 2.24) is 10.2 Å². The highest BCUT2D eigenvalue weighted by Gasteiger charge is 2.22. The highest BCUT2D eigenvalue weighted by atomic mass is 16.2. The number of nitrogens with zero attached hydrogens (tertiary/aromatic N) is 1.